The van der Waals surface area contributed by atoms with E-state index in [0.29, 0.717) is 16.6 Å². The first-order valence-corrected chi connectivity index (χ1v) is 10.2. The summed E-state index contributed by atoms with van der Waals surface area (Å²) >= 11 is 6.52. The summed E-state index contributed by atoms with van der Waals surface area (Å²) in [4.78, 5) is 17.5. The molecule has 3 rings (SSSR count). The average Bonchev–Trinajstić information content (AvgIpc) is 3.04. The van der Waals surface area contributed by atoms with Gasteiger partial charge in [-0.1, -0.05) is 43.3 Å². The van der Waals surface area contributed by atoms with Crippen molar-refractivity contribution in [2.24, 2.45) is 0 Å². The van der Waals surface area contributed by atoms with Crippen molar-refractivity contribution in [3.63, 3.8) is 0 Å². The third-order valence-electron chi connectivity index (χ3n) is 3.47. The Balaban J connectivity index is 1.92. The lowest BCUT2D eigenvalue weighted by Crippen LogP contribution is -2.09. The van der Waals surface area contributed by atoms with Crippen LogP contribution in [0.3, 0.4) is 0 Å². The van der Waals surface area contributed by atoms with Crippen molar-refractivity contribution in [2.75, 3.05) is 6.61 Å². The van der Waals surface area contributed by atoms with Gasteiger partial charge in [0, 0.05) is 10.3 Å². The fraction of sp³-hybridized carbons (Fsp3) is 0.222. The van der Waals surface area contributed by atoms with Gasteiger partial charge in [0.25, 0.3) is 0 Å². The second-order valence-electron chi connectivity index (χ2n) is 5.31. The van der Waals surface area contributed by atoms with Crippen LogP contribution in [0.5, 0.6) is 5.75 Å². The number of aromatic nitrogens is 1. The van der Waals surface area contributed by atoms with E-state index in [1.54, 1.807) is 11.8 Å². The molecule has 7 heteroatoms. The molecular formula is C18H16BrNO3S2. The van der Waals surface area contributed by atoms with Crippen LogP contribution in [0, 0.1) is 0 Å². The highest BCUT2D eigenvalue weighted by molar-refractivity contribution is 9.10. The summed E-state index contributed by atoms with van der Waals surface area (Å²) in [5, 5.41) is 11.1. The van der Waals surface area contributed by atoms with E-state index in [4.69, 9.17) is 4.74 Å². The first-order valence-electron chi connectivity index (χ1n) is 7.82. The van der Waals surface area contributed by atoms with Crippen LogP contribution in [0.4, 0.5) is 0 Å². The molecule has 0 bridgehead atoms. The van der Waals surface area contributed by atoms with E-state index in [0.717, 1.165) is 26.6 Å². The van der Waals surface area contributed by atoms with Crippen LogP contribution in [0.25, 0.3) is 10.1 Å². The molecule has 1 N–H and O–H groups in total. The van der Waals surface area contributed by atoms with Crippen molar-refractivity contribution in [2.45, 2.75) is 28.9 Å². The Morgan fingerprint density at radius 1 is 1.36 bits per heavy atom. The smallest absolute Gasteiger partial charge is 0.360 e. The zero-order valence-corrected chi connectivity index (χ0v) is 16.7. The molecule has 2 aromatic heterocycles. The third-order valence-corrected chi connectivity index (χ3v) is 6.57. The zero-order chi connectivity index (χ0) is 17.8. The molecule has 0 fully saturated rings. The van der Waals surface area contributed by atoms with Crippen molar-refractivity contribution < 1.29 is 14.6 Å². The van der Waals surface area contributed by atoms with E-state index < -0.39 is 5.97 Å². The maximum atomic E-state index is 12.2. The molecule has 130 valence electrons. The second-order valence-corrected chi connectivity index (χ2v) is 8.49. The Kier molecular flexibility index (Phi) is 5.98. The van der Waals surface area contributed by atoms with Gasteiger partial charge in [-0.05, 0) is 40.5 Å². The van der Waals surface area contributed by atoms with Crippen LogP contribution in [-0.2, 0) is 4.74 Å². The molecule has 0 aliphatic rings. The molecule has 0 amide bonds. The highest BCUT2D eigenvalue weighted by Gasteiger charge is 2.21. The van der Waals surface area contributed by atoms with E-state index in [9.17, 15) is 9.90 Å². The number of fused-ring (bicyclic) bond motifs is 1. The molecule has 0 saturated heterocycles. The Labute approximate surface area is 162 Å². The monoisotopic (exact) mass is 437 g/mol. The van der Waals surface area contributed by atoms with Crippen LogP contribution in [0.1, 0.15) is 30.3 Å². The van der Waals surface area contributed by atoms with Gasteiger partial charge >= 0.3 is 5.97 Å². The van der Waals surface area contributed by atoms with Crippen molar-refractivity contribution >= 4 is 55.1 Å². The molecule has 0 radical (unpaired) electrons. The molecule has 4 nitrogen and oxygen atoms in total. The predicted octanol–water partition coefficient (Wildman–Crippen LogP) is 5.87. The van der Waals surface area contributed by atoms with Crippen LogP contribution >= 0.6 is 39.0 Å². The molecule has 2 heterocycles. The van der Waals surface area contributed by atoms with Crippen molar-refractivity contribution in [3.05, 3.63) is 46.7 Å². The van der Waals surface area contributed by atoms with Crippen molar-refractivity contribution in [1.29, 1.82) is 0 Å². The van der Waals surface area contributed by atoms with Gasteiger partial charge in [0.05, 0.1) is 15.5 Å². The fourth-order valence-corrected chi connectivity index (χ4v) is 5.02. The zero-order valence-electron chi connectivity index (χ0n) is 13.5. The molecule has 0 saturated carbocycles. The quantitative estimate of drug-likeness (QED) is 0.296. The molecule has 25 heavy (non-hydrogen) atoms. The standard InChI is InChI=1S/C18H16BrNO3S2/c1-2-3-9-23-18(22)14-15(21)12-10-13(25-16(12)17(19)20-14)24-11-7-5-4-6-8-11/h4-8,10,21H,2-3,9H2,1H3. The summed E-state index contributed by atoms with van der Waals surface area (Å²) < 4.78 is 7.52. The number of rotatable bonds is 6. The summed E-state index contributed by atoms with van der Waals surface area (Å²) in [6.45, 7) is 2.34. The van der Waals surface area contributed by atoms with Crippen molar-refractivity contribution in [1.82, 2.24) is 4.98 Å². The molecule has 1 aromatic carbocycles. The van der Waals surface area contributed by atoms with Crippen LogP contribution in [0.2, 0.25) is 0 Å². The summed E-state index contributed by atoms with van der Waals surface area (Å²) in [6, 6.07) is 11.9. The minimum atomic E-state index is -0.600. The number of aromatic hydroxyl groups is 1. The lowest BCUT2D eigenvalue weighted by molar-refractivity contribution is 0.0489. The average molecular weight is 438 g/mol. The second kappa shape index (κ2) is 8.21. The maximum absolute atomic E-state index is 12.2. The SMILES string of the molecule is CCCCOC(=O)c1nc(Br)c2sc(Sc3ccccc3)cc2c1O. The van der Waals surface area contributed by atoms with E-state index in [1.165, 1.54) is 11.3 Å². The number of pyridine rings is 1. The number of hydrogen-bond donors (Lipinski definition) is 1. The van der Waals surface area contributed by atoms with Gasteiger partial charge in [0.2, 0.25) is 0 Å². The maximum Gasteiger partial charge on any atom is 0.360 e. The van der Waals surface area contributed by atoms with Gasteiger partial charge in [-0.15, -0.1) is 11.3 Å². The third kappa shape index (κ3) is 4.16. The number of thiophene rings is 1. The molecule has 0 spiro atoms. The molecule has 0 aliphatic heterocycles. The summed E-state index contributed by atoms with van der Waals surface area (Å²) in [5.74, 6) is -0.729. The molecular weight excluding hydrogens is 422 g/mol. The van der Waals surface area contributed by atoms with Gasteiger partial charge in [-0.3, -0.25) is 0 Å². The van der Waals surface area contributed by atoms with Gasteiger partial charge < -0.3 is 9.84 Å². The number of unbranched alkanes of at least 4 members (excludes halogenated alkanes) is 1. The van der Waals surface area contributed by atoms with Crippen LogP contribution in [0.15, 0.2) is 50.1 Å². The van der Waals surface area contributed by atoms with E-state index in [-0.39, 0.29) is 11.4 Å². The van der Waals surface area contributed by atoms with Gasteiger partial charge in [0.15, 0.2) is 11.4 Å². The van der Waals surface area contributed by atoms with E-state index >= 15 is 0 Å². The first kappa shape index (κ1) is 18.2. The number of benzene rings is 1. The lowest BCUT2D eigenvalue weighted by atomic mass is 10.2. The Morgan fingerprint density at radius 3 is 2.84 bits per heavy atom. The fourth-order valence-electron chi connectivity index (χ4n) is 2.20. The van der Waals surface area contributed by atoms with Gasteiger partial charge in [-0.25, -0.2) is 9.78 Å². The Bertz CT molecular complexity index is 896. The topological polar surface area (TPSA) is 59.4 Å². The summed E-state index contributed by atoms with van der Waals surface area (Å²) in [6.07, 6.45) is 1.71. The van der Waals surface area contributed by atoms with E-state index in [2.05, 4.69) is 20.9 Å². The van der Waals surface area contributed by atoms with Gasteiger partial charge in [0.1, 0.15) is 4.60 Å². The number of ether oxygens (including phenoxy) is 1. The summed E-state index contributed by atoms with van der Waals surface area (Å²) in [7, 11) is 0. The predicted molar refractivity (Wildman–Crippen MR) is 105 cm³/mol. The van der Waals surface area contributed by atoms with Crippen LogP contribution < -0.4 is 0 Å². The van der Waals surface area contributed by atoms with Gasteiger partial charge in [-0.2, -0.15) is 0 Å². The number of carbonyl (C=O) groups is 1. The Morgan fingerprint density at radius 2 is 2.12 bits per heavy atom. The highest BCUT2D eigenvalue weighted by Crippen LogP contribution is 2.43. The highest BCUT2D eigenvalue weighted by atomic mass is 79.9. The minimum Gasteiger partial charge on any atom is -0.505 e. The van der Waals surface area contributed by atoms with Crippen LogP contribution in [-0.4, -0.2) is 22.7 Å². The first-order chi connectivity index (χ1) is 12.1. The number of hydrogen-bond acceptors (Lipinski definition) is 6. The largest absolute Gasteiger partial charge is 0.505 e. The minimum absolute atomic E-state index is 0.0514. The van der Waals surface area contributed by atoms with Crippen molar-refractivity contribution in [3.8, 4) is 5.75 Å². The normalized spacial score (nSPS) is 11.0. The Hall–Kier alpha value is -1.57. The molecule has 0 aliphatic carbocycles. The van der Waals surface area contributed by atoms with E-state index in [1.807, 2.05) is 43.3 Å². The summed E-state index contributed by atoms with van der Waals surface area (Å²) in [5.41, 5.74) is -0.0514. The number of nitrogens with zero attached hydrogens (tertiary/aromatic N) is 1. The molecule has 3 aromatic rings. The molecule has 0 unspecified atom stereocenters. The number of carbonyl (C=O) groups excluding carboxylic acids is 1. The lowest BCUT2D eigenvalue weighted by Gasteiger charge is -2.06. The number of esters is 1. The number of halogens is 1. The molecule has 0 atom stereocenters.